The number of hydrogen-bond donors (Lipinski definition) is 3. The Bertz CT molecular complexity index is 706. The summed E-state index contributed by atoms with van der Waals surface area (Å²) in [5.41, 5.74) is 14.4. The van der Waals surface area contributed by atoms with Gasteiger partial charge in [-0.3, -0.25) is 0 Å². The van der Waals surface area contributed by atoms with Gasteiger partial charge in [0.2, 0.25) is 0 Å². The van der Waals surface area contributed by atoms with Gasteiger partial charge in [0.15, 0.2) is 11.5 Å². The van der Waals surface area contributed by atoms with Gasteiger partial charge < -0.3 is 16.5 Å². The highest BCUT2D eigenvalue weighted by Crippen LogP contribution is 2.18. The molecule has 0 saturated carbocycles. The van der Waals surface area contributed by atoms with Crippen LogP contribution in [0.5, 0.6) is 0 Å². The summed E-state index contributed by atoms with van der Waals surface area (Å²) < 4.78 is 0. The van der Waals surface area contributed by atoms with Crippen LogP contribution in [0.1, 0.15) is 23.9 Å². The first-order chi connectivity index (χ1) is 9.74. The van der Waals surface area contributed by atoms with Crippen LogP contribution in [0.3, 0.4) is 0 Å². The zero-order chi connectivity index (χ0) is 13.9. The van der Waals surface area contributed by atoms with Gasteiger partial charge in [-0.2, -0.15) is 0 Å². The minimum atomic E-state index is -0.00663. The van der Waals surface area contributed by atoms with Crippen LogP contribution in [-0.2, 0) is 6.42 Å². The molecule has 6 nitrogen and oxygen atoms in total. The van der Waals surface area contributed by atoms with Crippen molar-refractivity contribution in [2.75, 3.05) is 5.73 Å². The molecule has 102 valence electrons. The highest BCUT2D eigenvalue weighted by atomic mass is 15.0. The van der Waals surface area contributed by atoms with E-state index in [4.69, 9.17) is 11.5 Å². The summed E-state index contributed by atoms with van der Waals surface area (Å²) in [5.74, 6) is 1.25. The number of nitrogen functional groups attached to an aromatic ring is 1. The highest BCUT2D eigenvalue weighted by molar-refractivity contribution is 5.80. The van der Waals surface area contributed by atoms with Crippen LogP contribution in [0.25, 0.3) is 11.2 Å². The first-order valence-corrected chi connectivity index (χ1v) is 6.49. The van der Waals surface area contributed by atoms with Gasteiger partial charge in [0, 0.05) is 12.5 Å². The normalized spacial score (nSPS) is 12.7. The van der Waals surface area contributed by atoms with Crippen molar-refractivity contribution >= 4 is 17.0 Å². The molecule has 2 heterocycles. The van der Waals surface area contributed by atoms with Gasteiger partial charge in [0.1, 0.15) is 17.7 Å². The van der Waals surface area contributed by atoms with Gasteiger partial charge in [-0.25, -0.2) is 15.0 Å². The fraction of sp³-hybridized carbons (Fsp3) is 0.214. The maximum atomic E-state index is 6.17. The van der Waals surface area contributed by atoms with Crippen LogP contribution in [0.15, 0.2) is 36.7 Å². The Morgan fingerprint density at radius 1 is 1.15 bits per heavy atom. The predicted octanol–water partition coefficient (Wildman–Crippen LogP) is 1.57. The first-order valence-electron chi connectivity index (χ1n) is 6.49. The van der Waals surface area contributed by atoms with Crippen LogP contribution in [0.4, 0.5) is 5.82 Å². The SMILES string of the molecule is Nc1ncnc2nc(CCC(N)c3ccccc3)[nH]c12. The van der Waals surface area contributed by atoms with Crippen molar-refractivity contribution < 1.29 is 0 Å². The second-order valence-electron chi connectivity index (χ2n) is 4.70. The zero-order valence-electron chi connectivity index (χ0n) is 11.0. The summed E-state index contributed by atoms with van der Waals surface area (Å²) in [6, 6.07) is 10.0. The number of imidazole rings is 1. The fourth-order valence-corrected chi connectivity index (χ4v) is 2.17. The van der Waals surface area contributed by atoms with Crippen LogP contribution >= 0.6 is 0 Å². The number of rotatable bonds is 4. The molecule has 20 heavy (non-hydrogen) atoms. The molecule has 3 rings (SSSR count). The number of nitrogens with one attached hydrogen (secondary N) is 1. The van der Waals surface area contributed by atoms with Crippen molar-refractivity contribution in [3.63, 3.8) is 0 Å². The molecular formula is C14H16N6. The zero-order valence-corrected chi connectivity index (χ0v) is 11.0. The van der Waals surface area contributed by atoms with Crippen LogP contribution < -0.4 is 11.5 Å². The van der Waals surface area contributed by atoms with Crippen LogP contribution in [0, 0.1) is 0 Å². The standard InChI is InChI=1S/C14H16N6/c15-10(9-4-2-1-3-5-9)6-7-11-19-12-13(16)17-8-18-14(12)20-11/h1-5,8,10H,6-7,15H2,(H3,16,17,18,19,20). The average molecular weight is 268 g/mol. The van der Waals surface area contributed by atoms with Crippen molar-refractivity contribution in [3.05, 3.63) is 48.0 Å². The molecule has 0 fully saturated rings. The third-order valence-corrected chi connectivity index (χ3v) is 3.29. The quantitative estimate of drug-likeness (QED) is 0.665. The van der Waals surface area contributed by atoms with Crippen molar-refractivity contribution in [1.82, 2.24) is 19.9 Å². The smallest absolute Gasteiger partial charge is 0.183 e. The summed E-state index contributed by atoms with van der Waals surface area (Å²) in [4.78, 5) is 15.6. The van der Waals surface area contributed by atoms with E-state index >= 15 is 0 Å². The third kappa shape index (κ3) is 2.46. The molecule has 1 atom stereocenters. The monoisotopic (exact) mass is 268 g/mol. The number of aromatic amines is 1. The lowest BCUT2D eigenvalue weighted by atomic mass is 10.0. The number of anilines is 1. The minimum absolute atomic E-state index is 0.00663. The predicted molar refractivity (Wildman–Crippen MR) is 77.8 cm³/mol. The van der Waals surface area contributed by atoms with Gasteiger partial charge in [-0.05, 0) is 12.0 Å². The maximum Gasteiger partial charge on any atom is 0.183 e. The van der Waals surface area contributed by atoms with E-state index in [1.165, 1.54) is 6.33 Å². The summed E-state index contributed by atoms with van der Waals surface area (Å²) >= 11 is 0. The molecule has 3 aromatic rings. The lowest BCUT2D eigenvalue weighted by Crippen LogP contribution is -2.11. The Hall–Kier alpha value is -2.47. The number of hydrogen-bond acceptors (Lipinski definition) is 5. The van der Waals surface area contributed by atoms with E-state index in [0.29, 0.717) is 17.0 Å². The van der Waals surface area contributed by atoms with Gasteiger partial charge in [-0.1, -0.05) is 30.3 Å². The second-order valence-corrected chi connectivity index (χ2v) is 4.70. The Morgan fingerprint density at radius 2 is 1.95 bits per heavy atom. The van der Waals surface area contributed by atoms with E-state index in [2.05, 4.69) is 19.9 Å². The lowest BCUT2D eigenvalue weighted by molar-refractivity contribution is 0.638. The highest BCUT2D eigenvalue weighted by Gasteiger charge is 2.10. The van der Waals surface area contributed by atoms with E-state index in [1.54, 1.807) is 0 Å². The van der Waals surface area contributed by atoms with E-state index in [0.717, 1.165) is 24.2 Å². The molecule has 2 aromatic heterocycles. The number of fused-ring (bicyclic) bond motifs is 1. The van der Waals surface area contributed by atoms with Crippen LogP contribution in [-0.4, -0.2) is 19.9 Å². The molecule has 0 bridgehead atoms. The summed E-state index contributed by atoms with van der Waals surface area (Å²) in [7, 11) is 0. The molecule has 0 spiro atoms. The van der Waals surface area contributed by atoms with Gasteiger partial charge in [0.25, 0.3) is 0 Å². The molecule has 1 unspecified atom stereocenters. The molecular weight excluding hydrogens is 252 g/mol. The van der Waals surface area contributed by atoms with E-state index < -0.39 is 0 Å². The molecule has 0 radical (unpaired) electrons. The fourth-order valence-electron chi connectivity index (χ4n) is 2.17. The average Bonchev–Trinajstić information content (AvgIpc) is 2.90. The molecule has 0 aliphatic carbocycles. The Labute approximate surface area is 116 Å². The van der Waals surface area contributed by atoms with Gasteiger partial charge >= 0.3 is 0 Å². The molecule has 0 aliphatic rings. The van der Waals surface area contributed by atoms with Crippen molar-refractivity contribution in [1.29, 1.82) is 0 Å². The molecule has 0 saturated heterocycles. The van der Waals surface area contributed by atoms with Gasteiger partial charge in [0.05, 0.1) is 0 Å². The topological polar surface area (TPSA) is 106 Å². The first kappa shape index (κ1) is 12.6. The van der Waals surface area contributed by atoms with Crippen molar-refractivity contribution in [2.24, 2.45) is 5.73 Å². The van der Waals surface area contributed by atoms with E-state index in [-0.39, 0.29) is 6.04 Å². The number of aromatic nitrogens is 4. The lowest BCUT2D eigenvalue weighted by Gasteiger charge is -2.10. The van der Waals surface area contributed by atoms with Crippen molar-refractivity contribution in [2.45, 2.75) is 18.9 Å². The Kier molecular flexibility index (Phi) is 3.30. The largest absolute Gasteiger partial charge is 0.382 e. The number of H-pyrrole nitrogens is 1. The van der Waals surface area contributed by atoms with Crippen molar-refractivity contribution in [3.8, 4) is 0 Å². The summed E-state index contributed by atoms with van der Waals surface area (Å²) in [6.45, 7) is 0. The number of nitrogens with two attached hydrogens (primary N) is 2. The molecule has 5 N–H and O–H groups in total. The Morgan fingerprint density at radius 3 is 2.70 bits per heavy atom. The Balaban J connectivity index is 1.72. The molecule has 0 amide bonds. The molecule has 6 heteroatoms. The third-order valence-electron chi connectivity index (χ3n) is 3.29. The van der Waals surface area contributed by atoms with E-state index in [1.807, 2.05) is 30.3 Å². The summed E-state index contributed by atoms with van der Waals surface area (Å²) in [5, 5.41) is 0. The number of benzene rings is 1. The molecule has 1 aromatic carbocycles. The second kappa shape index (κ2) is 5.26. The van der Waals surface area contributed by atoms with E-state index in [9.17, 15) is 0 Å². The summed E-state index contributed by atoms with van der Waals surface area (Å²) in [6.07, 6.45) is 2.96. The van der Waals surface area contributed by atoms with Crippen LogP contribution in [0.2, 0.25) is 0 Å². The number of nitrogens with zero attached hydrogens (tertiary/aromatic N) is 3. The number of aryl methyl sites for hydroxylation is 1. The van der Waals surface area contributed by atoms with Gasteiger partial charge in [-0.15, -0.1) is 0 Å². The maximum absolute atomic E-state index is 6.17. The molecule has 0 aliphatic heterocycles. The minimum Gasteiger partial charge on any atom is -0.382 e.